The van der Waals surface area contributed by atoms with Crippen molar-refractivity contribution in [3.8, 4) is 5.75 Å². The summed E-state index contributed by atoms with van der Waals surface area (Å²) < 4.78 is 5.99. The maximum Gasteiger partial charge on any atom is 0.166 e. The van der Waals surface area contributed by atoms with Gasteiger partial charge in [0.1, 0.15) is 12.4 Å². The fourth-order valence-electron chi connectivity index (χ4n) is 3.46. The SMILES string of the molecule is CCCC(=O)c1cc(C(=O)CC)c2c(c1)[C@](C)(c1ccccc1)CO2. The zero-order chi connectivity index (χ0) is 18.0. The Kier molecular flexibility index (Phi) is 4.76. The van der Waals surface area contributed by atoms with E-state index in [0.717, 1.165) is 17.5 Å². The zero-order valence-electron chi connectivity index (χ0n) is 15.1. The highest BCUT2D eigenvalue weighted by Crippen LogP contribution is 2.46. The molecule has 1 heterocycles. The molecule has 0 bridgehead atoms. The van der Waals surface area contributed by atoms with Gasteiger partial charge < -0.3 is 4.74 Å². The van der Waals surface area contributed by atoms with Crippen LogP contribution in [0.25, 0.3) is 0 Å². The van der Waals surface area contributed by atoms with Gasteiger partial charge in [0.25, 0.3) is 0 Å². The Morgan fingerprint density at radius 2 is 1.80 bits per heavy atom. The Bertz CT molecular complexity index is 808. The normalized spacial score (nSPS) is 18.5. The third-order valence-electron chi connectivity index (χ3n) is 5.02. The van der Waals surface area contributed by atoms with E-state index in [4.69, 9.17) is 4.74 Å². The minimum atomic E-state index is -0.359. The number of benzene rings is 2. The molecular formula is C22H24O3. The molecule has 1 aliphatic rings. The van der Waals surface area contributed by atoms with Crippen LogP contribution >= 0.6 is 0 Å². The molecule has 0 radical (unpaired) electrons. The zero-order valence-corrected chi connectivity index (χ0v) is 15.1. The van der Waals surface area contributed by atoms with E-state index in [2.05, 4.69) is 19.1 Å². The molecule has 0 saturated carbocycles. The number of carbonyl (C=O) groups is 2. The van der Waals surface area contributed by atoms with Gasteiger partial charge in [0.15, 0.2) is 11.6 Å². The Hall–Kier alpha value is -2.42. The second kappa shape index (κ2) is 6.83. The number of fused-ring (bicyclic) bond motifs is 1. The van der Waals surface area contributed by atoms with Crippen molar-refractivity contribution in [3.63, 3.8) is 0 Å². The van der Waals surface area contributed by atoms with Crippen LogP contribution in [0, 0.1) is 0 Å². The van der Waals surface area contributed by atoms with Crippen molar-refractivity contribution in [1.29, 1.82) is 0 Å². The highest BCUT2D eigenvalue weighted by Gasteiger charge is 2.40. The minimum Gasteiger partial charge on any atom is -0.491 e. The van der Waals surface area contributed by atoms with Crippen LogP contribution in [0.1, 0.15) is 71.9 Å². The van der Waals surface area contributed by atoms with Crippen molar-refractivity contribution in [2.24, 2.45) is 0 Å². The van der Waals surface area contributed by atoms with E-state index in [-0.39, 0.29) is 17.0 Å². The maximum absolute atomic E-state index is 12.5. The second-order valence-corrected chi connectivity index (χ2v) is 6.84. The van der Waals surface area contributed by atoms with Crippen LogP contribution in [-0.2, 0) is 5.41 Å². The van der Waals surface area contributed by atoms with Crippen LogP contribution in [0.5, 0.6) is 5.75 Å². The van der Waals surface area contributed by atoms with Gasteiger partial charge in [0.05, 0.1) is 11.0 Å². The lowest BCUT2D eigenvalue weighted by Crippen LogP contribution is -2.25. The Morgan fingerprint density at radius 1 is 1.08 bits per heavy atom. The predicted molar refractivity (Wildman–Crippen MR) is 98.7 cm³/mol. The Morgan fingerprint density at radius 3 is 2.44 bits per heavy atom. The summed E-state index contributed by atoms with van der Waals surface area (Å²) in [5.41, 5.74) is 2.87. The van der Waals surface area contributed by atoms with Crippen molar-refractivity contribution in [2.45, 2.75) is 45.4 Å². The van der Waals surface area contributed by atoms with Gasteiger partial charge in [0.2, 0.25) is 0 Å². The van der Waals surface area contributed by atoms with E-state index < -0.39 is 0 Å². The van der Waals surface area contributed by atoms with Crippen molar-refractivity contribution in [2.75, 3.05) is 6.61 Å². The summed E-state index contributed by atoms with van der Waals surface area (Å²) in [5.74, 6) is 0.740. The summed E-state index contributed by atoms with van der Waals surface area (Å²) in [6, 6.07) is 13.8. The first-order chi connectivity index (χ1) is 12.0. The molecule has 0 N–H and O–H groups in total. The molecule has 2 aromatic rings. The quantitative estimate of drug-likeness (QED) is 0.700. The van der Waals surface area contributed by atoms with Gasteiger partial charge in [-0.25, -0.2) is 0 Å². The van der Waals surface area contributed by atoms with Gasteiger partial charge in [-0.05, 0) is 31.0 Å². The van der Waals surface area contributed by atoms with E-state index in [0.29, 0.717) is 36.3 Å². The second-order valence-electron chi connectivity index (χ2n) is 6.84. The Labute approximate surface area is 149 Å². The first-order valence-electron chi connectivity index (χ1n) is 8.94. The number of hydrogen-bond donors (Lipinski definition) is 0. The monoisotopic (exact) mass is 336 g/mol. The molecule has 1 atom stereocenters. The van der Waals surface area contributed by atoms with E-state index in [1.54, 1.807) is 6.07 Å². The average Bonchev–Trinajstić information content (AvgIpc) is 2.99. The minimum absolute atomic E-state index is 0.0136. The lowest BCUT2D eigenvalue weighted by atomic mass is 9.76. The molecule has 0 aliphatic carbocycles. The lowest BCUT2D eigenvalue weighted by molar-refractivity contribution is 0.0981. The molecule has 2 aromatic carbocycles. The van der Waals surface area contributed by atoms with Crippen LogP contribution in [0.4, 0.5) is 0 Å². The van der Waals surface area contributed by atoms with Crippen LogP contribution in [0.3, 0.4) is 0 Å². The number of hydrogen-bond acceptors (Lipinski definition) is 3. The van der Waals surface area contributed by atoms with Crippen molar-refractivity contribution >= 4 is 11.6 Å². The predicted octanol–water partition coefficient (Wildman–Crippen LogP) is 4.96. The summed E-state index contributed by atoms with van der Waals surface area (Å²) in [7, 11) is 0. The molecule has 0 saturated heterocycles. The third kappa shape index (κ3) is 2.99. The standard InChI is InChI=1S/C22H24O3/c1-4-9-20(24)15-12-17(19(23)5-2)21-18(13-15)22(3,14-25-21)16-10-7-6-8-11-16/h6-8,10-13H,4-5,9,14H2,1-3H3/t22-/m0/s1. The van der Waals surface area contributed by atoms with E-state index in [1.807, 2.05) is 38.1 Å². The van der Waals surface area contributed by atoms with Gasteiger partial charge in [-0.3, -0.25) is 9.59 Å². The number of Topliss-reactive ketones (excluding diaryl/α,β-unsaturated/α-hetero) is 2. The van der Waals surface area contributed by atoms with Crippen LogP contribution < -0.4 is 4.74 Å². The molecule has 1 aliphatic heterocycles. The number of rotatable bonds is 6. The first kappa shape index (κ1) is 17.4. The first-order valence-corrected chi connectivity index (χ1v) is 8.94. The van der Waals surface area contributed by atoms with Gasteiger partial charge in [0, 0.05) is 24.0 Å². The number of carbonyl (C=O) groups excluding carboxylic acids is 2. The average molecular weight is 336 g/mol. The summed E-state index contributed by atoms with van der Waals surface area (Å²) in [4.78, 5) is 25.0. The molecule has 0 unspecified atom stereocenters. The number of ketones is 2. The highest BCUT2D eigenvalue weighted by atomic mass is 16.5. The fourth-order valence-corrected chi connectivity index (χ4v) is 3.46. The summed E-state index contributed by atoms with van der Waals surface area (Å²) in [6.07, 6.45) is 1.67. The lowest BCUT2D eigenvalue weighted by Gasteiger charge is -2.24. The van der Waals surface area contributed by atoms with Gasteiger partial charge in [-0.1, -0.05) is 44.2 Å². The molecule has 3 heteroatoms. The molecule has 3 rings (SSSR count). The summed E-state index contributed by atoms with van der Waals surface area (Å²) >= 11 is 0. The molecule has 0 spiro atoms. The Balaban J connectivity index is 2.19. The fraction of sp³-hybridized carbons (Fsp3) is 0.364. The van der Waals surface area contributed by atoms with E-state index in [9.17, 15) is 9.59 Å². The smallest absolute Gasteiger partial charge is 0.166 e. The van der Waals surface area contributed by atoms with Crippen LogP contribution in [0.15, 0.2) is 42.5 Å². The molecular weight excluding hydrogens is 312 g/mol. The highest BCUT2D eigenvalue weighted by molar-refractivity contribution is 6.04. The van der Waals surface area contributed by atoms with Crippen molar-refractivity contribution < 1.29 is 14.3 Å². The van der Waals surface area contributed by atoms with Gasteiger partial charge in [-0.2, -0.15) is 0 Å². The topological polar surface area (TPSA) is 43.4 Å². The molecule has 25 heavy (non-hydrogen) atoms. The van der Waals surface area contributed by atoms with Crippen molar-refractivity contribution in [1.82, 2.24) is 0 Å². The van der Waals surface area contributed by atoms with Gasteiger partial charge in [-0.15, -0.1) is 0 Å². The molecule has 0 fully saturated rings. The maximum atomic E-state index is 12.5. The molecule has 0 amide bonds. The molecule has 3 nitrogen and oxygen atoms in total. The van der Waals surface area contributed by atoms with Crippen LogP contribution in [0.2, 0.25) is 0 Å². The van der Waals surface area contributed by atoms with Crippen LogP contribution in [-0.4, -0.2) is 18.2 Å². The summed E-state index contributed by atoms with van der Waals surface area (Å²) in [6.45, 7) is 6.41. The summed E-state index contributed by atoms with van der Waals surface area (Å²) in [5, 5.41) is 0. The van der Waals surface area contributed by atoms with Crippen molar-refractivity contribution in [3.05, 3.63) is 64.7 Å². The van der Waals surface area contributed by atoms with E-state index in [1.165, 1.54) is 0 Å². The van der Waals surface area contributed by atoms with E-state index >= 15 is 0 Å². The third-order valence-corrected chi connectivity index (χ3v) is 5.02. The van der Waals surface area contributed by atoms with Gasteiger partial charge >= 0.3 is 0 Å². The molecule has 0 aromatic heterocycles. The molecule has 130 valence electrons. The number of ether oxygens (including phenoxy) is 1. The largest absolute Gasteiger partial charge is 0.491 e.